The molecule has 0 radical (unpaired) electrons. The van der Waals surface area contributed by atoms with Gasteiger partial charge in [-0.15, -0.1) is 0 Å². The van der Waals surface area contributed by atoms with Gasteiger partial charge in [-0.2, -0.15) is 0 Å². The van der Waals surface area contributed by atoms with Crippen molar-refractivity contribution >= 4 is 27.7 Å². The summed E-state index contributed by atoms with van der Waals surface area (Å²) >= 11 is 3.45. The fourth-order valence-electron chi connectivity index (χ4n) is 2.21. The van der Waals surface area contributed by atoms with Crippen LogP contribution in [0.2, 0.25) is 0 Å². The van der Waals surface area contributed by atoms with Crippen LogP contribution in [0.1, 0.15) is 22.8 Å². The van der Waals surface area contributed by atoms with Crippen LogP contribution in [-0.2, 0) is 16.0 Å². The summed E-state index contributed by atoms with van der Waals surface area (Å²) in [6, 6.07) is 16.4. The zero-order valence-electron chi connectivity index (χ0n) is 12.3. The van der Waals surface area contributed by atoms with Crippen LogP contribution in [0.15, 0.2) is 59.1 Å². The third kappa shape index (κ3) is 4.04. The van der Waals surface area contributed by atoms with Gasteiger partial charge in [0, 0.05) is 10.0 Å². The van der Waals surface area contributed by atoms with Crippen molar-refractivity contribution in [2.45, 2.75) is 13.3 Å². The van der Waals surface area contributed by atoms with Gasteiger partial charge in [0.25, 0.3) is 0 Å². The number of carbonyl (C=O) groups is 2. The van der Waals surface area contributed by atoms with Crippen molar-refractivity contribution in [3.63, 3.8) is 0 Å². The standard InChI is InChI=1S/C18H17BrO3/c1-2-22-18(21)15(12-14-10-6-7-11-16(14)19)17(20)13-8-4-3-5-9-13/h3-11,15H,2,12H2,1H3. The van der Waals surface area contributed by atoms with Gasteiger partial charge in [0.15, 0.2) is 5.78 Å². The largest absolute Gasteiger partial charge is 0.465 e. The Bertz CT molecular complexity index is 652. The molecule has 0 aliphatic carbocycles. The molecular weight excluding hydrogens is 344 g/mol. The van der Waals surface area contributed by atoms with Crippen molar-refractivity contribution in [2.24, 2.45) is 5.92 Å². The Labute approximate surface area is 138 Å². The molecule has 3 nitrogen and oxygen atoms in total. The first-order valence-electron chi connectivity index (χ1n) is 7.12. The number of Topliss-reactive ketones (excluding diaryl/α,β-unsaturated/α-hetero) is 1. The average Bonchev–Trinajstić information content (AvgIpc) is 2.54. The highest BCUT2D eigenvalue weighted by molar-refractivity contribution is 9.10. The average molecular weight is 361 g/mol. The molecule has 4 heteroatoms. The predicted octanol–water partition coefficient (Wildman–Crippen LogP) is 4.05. The molecule has 0 bridgehead atoms. The molecule has 0 aromatic heterocycles. The van der Waals surface area contributed by atoms with Gasteiger partial charge in [-0.1, -0.05) is 64.5 Å². The maximum absolute atomic E-state index is 12.7. The molecule has 1 atom stereocenters. The first-order chi connectivity index (χ1) is 10.6. The third-order valence-electron chi connectivity index (χ3n) is 3.33. The number of ketones is 1. The van der Waals surface area contributed by atoms with Crippen LogP contribution in [0.25, 0.3) is 0 Å². The number of hydrogen-bond acceptors (Lipinski definition) is 3. The minimum Gasteiger partial charge on any atom is -0.465 e. The fourth-order valence-corrected chi connectivity index (χ4v) is 2.66. The van der Waals surface area contributed by atoms with Gasteiger partial charge in [0.05, 0.1) is 6.61 Å². The fraction of sp³-hybridized carbons (Fsp3) is 0.222. The minimum atomic E-state index is -0.832. The molecule has 0 N–H and O–H groups in total. The zero-order chi connectivity index (χ0) is 15.9. The lowest BCUT2D eigenvalue weighted by atomic mass is 9.91. The summed E-state index contributed by atoms with van der Waals surface area (Å²) in [5.41, 5.74) is 1.43. The van der Waals surface area contributed by atoms with Gasteiger partial charge in [-0.05, 0) is 25.0 Å². The summed E-state index contributed by atoms with van der Waals surface area (Å²) in [5.74, 6) is -1.53. The van der Waals surface area contributed by atoms with Gasteiger partial charge >= 0.3 is 5.97 Å². The topological polar surface area (TPSA) is 43.4 Å². The Balaban J connectivity index is 2.29. The molecule has 0 fully saturated rings. The molecule has 22 heavy (non-hydrogen) atoms. The quantitative estimate of drug-likeness (QED) is 0.443. The summed E-state index contributed by atoms with van der Waals surface area (Å²) in [7, 11) is 0. The van der Waals surface area contributed by atoms with Crippen molar-refractivity contribution < 1.29 is 14.3 Å². The van der Waals surface area contributed by atoms with Crippen molar-refractivity contribution in [3.05, 3.63) is 70.2 Å². The zero-order valence-corrected chi connectivity index (χ0v) is 13.9. The molecule has 2 aromatic carbocycles. The van der Waals surface area contributed by atoms with E-state index in [9.17, 15) is 9.59 Å². The first kappa shape index (κ1) is 16.4. The number of ether oxygens (including phenoxy) is 1. The van der Waals surface area contributed by atoms with Crippen molar-refractivity contribution in [1.82, 2.24) is 0 Å². The second-order valence-corrected chi connectivity index (χ2v) is 5.68. The Morgan fingerprint density at radius 1 is 1.05 bits per heavy atom. The van der Waals surface area contributed by atoms with E-state index in [0.29, 0.717) is 12.0 Å². The maximum atomic E-state index is 12.7. The maximum Gasteiger partial charge on any atom is 0.317 e. The molecule has 2 rings (SSSR count). The summed E-state index contributed by atoms with van der Waals surface area (Å²) in [6.45, 7) is 1.99. The Morgan fingerprint density at radius 2 is 1.68 bits per heavy atom. The molecule has 0 saturated carbocycles. The normalized spacial score (nSPS) is 11.7. The highest BCUT2D eigenvalue weighted by atomic mass is 79.9. The van der Waals surface area contributed by atoms with Crippen molar-refractivity contribution in [3.8, 4) is 0 Å². The Hall–Kier alpha value is -1.94. The lowest BCUT2D eigenvalue weighted by molar-refractivity contribution is -0.146. The molecule has 0 amide bonds. The van der Waals surface area contributed by atoms with E-state index in [0.717, 1.165) is 10.0 Å². The molecule has 1 unspecified atom stereocenters. The molecule has 0 saturated heterocycles. The molecule has 0 aliphatic heterocycles. The molecule has 2 aromatic rings. The smallest absolute Gasteiger partial charge is 0.317 e. The Kier molecular flexibility index (Phi) is 5.90. The van der Waals surface area contributed by atoms with E-state index in [1.165, 1.54) is 0 Å². The van der Waals surface area contributed by atoms with E-state index in [-0.39, 0.29) is 12.4 Å². The van der Waals surface area contributed by atoms with Crippen LogP contribution in [-0.4, -0.2) is 18.4 Å². The summed E-state index contributed by atoms with van der Waals surface area (Å²) in [5, 5.41) is 0. The lowest BCUT2D eigenvalue weighted by Crippen LogP contribution is -2.28. The number of hydrogen-bond donors (Lipinski definition) is 0. The van der Waals surface area contributed by atoms with Crippen LogP contribution in [0.3, 0.4) is 0 Å². The number of benzene rings is 2. The first-order valence-corrected chi connectivity index (χ1v) is 7.92. The van der Waals surface area contributed by atoms with E-state index in [1.807, 2.05) is 30.3 Å². The van der Waals surface area contributed by atoms with Gasteiger partial charge < -0.3 is 4.74 Å². The second kappa shape index (κ2) is 7.90. The van der Waals surface area contributed by atoms with Gasteiger partial charge in [-0.3, -0.25) is 9.59 Å². The number of halogens is 1. The van der Waals surface area contributed by atoms with Crippen LogP contribution in [0, 0.1) is 5.92 Å². The van der Waals surface area contributed by atoms with E-state index < -0.39 is 11.9 Å². The van der Waals surface area contributed by atoms with Crippen LogP contribution < -0.4 is 0 Å². The van der Waals surface area contributed by atoms with Crippen LogP contribution >= 0.6 is 15.9 Å². The molecule has 0 spiro atoms. The molecule has 0 heterocycles. The SMILES string of the molecule is CCOC(=O)C(Cc1ccccc1Br)C(=O)c1ccccc1. The minimum absolute atomic E-state index is 0.213. The van der Waals surface area contributed by atoms with Gasteiger partial charge in [0.1, 0.15) is 5.92 Å². The van der Waals surface area contributed by atoms with E-state index in [4.69, 9.17) is 4.74 Å². The third-order valence-corrected chi connectivity index (χ3v) is 4.10. The summed E-state index contributed by atoms with van der Waals surface area (Å²) in [4.78, 5) is 24.9. The van der Waals surface area contributed by atoms with Crippen LogP contribution in [0.4, 0.5) is 0 Å². The van der Waals surface area contributed by atoms with E-state index in [1.54, 1.807) is 31.2 Å². The predicted molar refractivity (Wildman–Crippen MR) is 88.7 cm³/mol. The number of carbonyl (C=O) groups excluding carboxylic acids is 2. The van der Waals surface area contributed by atoms with Crippen molar-refractivity contribution in [1.29, 1.82) is 0 Å². The number of rotatable bonds is 6. The van der Waals surface area contributed by atoms with E-state index in [2.05, 4.69) is 15.9 Å². The van der Waals surface area contributed by atoms with Gasteiger partial charge in [0.2, 0.25) is 0 Å². The van der Waals surface area contributed by atoms with Crippen molar-refractivity contribution in [2.75, 3.05) is 6.61 Å². The van der Waals surface area contributed by atoms with Crippen LogP contribution in [0.5, 0.6) is 0 Å². The Morgan fingerprint density at radius 3 is 2.32 bits per heavy atom. The highest BCUT2D eigenvalue weighted by Crippen LogP contribution is 2.22. The van der Waals surface area contributed by atoms with E-state index >= 15 is 0 Å². The molecular formula is C18H17BrO3. The number of esters is 1. The van der Waals surface area contributed by atoms with Gasteiger partial charge in [-0.25, -0.2) is 0 Å². The summed E-state index contributed by atoms with van der Waals surface area (Å²) in [6.07, 6.45) is 0.313. The monoisotopic (exact) mass is 360 g/mol. The summed E-state index contributed by atoms with van der Waals surface area (Å²) < 4.78 is 5.96. The molecule has 114 valence electrons. The lowest BCUT2D eigenvalue weighted by Gasteiger charge is -2.15. The highest BCUT2D eigenvalue weighted by Gasteiger charge is 2.29. The second-order valence-electron chi connectivity index (χ2n) is 4.83. The molecule has 0 aliphatic rings.